The van der Waals surface area contributed by atoms with E-state index >= 15 is 0 Å². The van der Waals surface area contributed by atoms with Crippen molar-refractivity contribution in [2.45, 2.75) is 12.2 Å². The summed E-state index contributed by atoms with van der Waals surface area (Å²) in [5.41, 5.74) is 0. The maximum atomic E-state index is 12.6. The molecule has 0 bridgehead atoms. The lowest BCUT2D eigenvalue weighted by atomic mass is 10.5. The molecule has 2 rings (SSSR count). The zero-order chi connectivity index (χ0) is 19.6. The lowest BCUT2D eigenvalue weighted by Gasteiger charge is -2.23. The van der Waals surface area contributed by atoms with E-state index in [4.69, 9.17) is 18.1 Å². The molecule has 0 amide bonds. The smallest absolute Gasteiger partial charge is 0.312 e. The van der Waals surface area contributed by atoms with Gasteiger partial charge in [0.25, 0.3) is 20.2 Å². The highest BCUT2D eigenvalue weighted by Crippen LogP contribution is 2.56. The molecule has 16 heteroatoms. The van der Waals surface area contributed by atoms with Gasteiger partial charge in [-0.05, 0) is 0 Å². The first-order valence-corrected chi connectivity index (χ1v) is 13.9. The fraction of sp³-hybridized carbons (Fsp3) is 1.00. The van der Waals surface area contributed by atoms with E-state index in [9.17, 15) is 26.0 Å². The minimum Gasteiger partial charge on any atom is -0.312 e. The largest absolute Gasteiger partial charge is 0.331 e. The molecule has 12 nitrogen and oxygen atoms in total. The highest BCUT2D eigenvalue weighted by atomic mass is 32.2. The Morgan fingerprint density at radius 3 is 1.38 bits per heavy atom. The normalized spacial score (nSPS) is 32.1. The molecule has 0 saturated carbocycles. The molecular formula is C10H20O12P2S2. The third-order valence-corrected chi connectivity index (χ3v) is 10.3. The van der Waals surface area contributed by atoms with Gasteiger partial charge in [-0.3, -0.25) is 17.5 Å². The van der Waals surface area contributed by atoms with Gasteiger partial charge in [-0.25, -0.2) is 0 Å². The molecule has 4 unspecified atom stereocenters. The van der Waals surface area contributed by atoms with E-state index in [1.165, 1.54) is 0 Å². The molecule has 0 aromatic rings. The molecule has 2 fully saturated rings. The minimum absolute atomic E-state index is 0.300. The second-order valence-corrected chi connectivity index (χ2v) is 13.4. The summed E-state index contributed by atoms with van der Waals surface area (Å²) in [4.78, 5) is 0. The average molecular weight is 458 g/mol. The van der Waals surface area contributed by atoms with Crippen LogP contribution in [0.25, 0.3) is 0 Å². The molecular weight excluding hydrogens is 438 g/mol. The Balaban J connectivity index is 1.96. The van der Waals surface area contributed by atoms with Gasteiger partial charge in [-0.1, -0.05) is 0 Å². The van der Waals surface area contributed by atoms with Crippen LogP contribution in [0.3, 0.4) is 0 Å². The Morgan fingerprint density at radius 2 is 1.15 bits per heavy atom. The summed E-state index contributed by atoms with van der Waals surface area (Å²) in [5, 5.41) is 0. The monoisotopic (exact) mass is 458 g/mol. The van der Waals surface area contributed by atoms with Crippen molar-refractivity contribution >= 4 is 35.4 Å². The molecule has 0 aromatic carbocycles. The second kappa shape index (κ2) is 8.24. The lowest BCUT2D eigenvalue weighted by Crippen LogP contribution is -2.20. The van der Waals surface area contributed by atoms with Crippen LogP contribution in [0.2, 0.25) is 0 Å². The highest BCUT2D eigenvalue weighted by Gasteiger charge is 2.40. The third-order valence-electron chi connectivity index (χ3n) is 3.47. The van der Waals surface area contributed by atoms with Gasteiger partial charge in [0.2, 0.25) is 0 Å². The van der Waals surface area contributed by atoms with Crippen molar-refractivity contribution in [3.63, 3.8) is 0 Å². The SMILES string of the molecule is COP(=O)(CCP(=O)(OC)OC1COS(=O)(=O)C1)OC1COS(=O)(=O)C1. The standard InChI is InChI=1S/C10H20O12P2S2/c1-17-23(11,21-9-5-19-25(13,14)7-9)3-4-24(12,18-2)22-10-6-20-26(15,16)8-10/h9-10H,3-8H2,1-2H3. The van der Waals surface area contributed by atoms with Crippen LogP contribution in [0.4, 0.5) is 0 Å². The molecule has 2 aliphatic heterocycles. The summed E-state index contributed by atoms with van der Waals surface area (Å²) in [7, 11) is -12.9. The van der Waals surface area contributed by atoms with Crippen molar-refractivity contribution in [2.75, 3.05) is 51.3 Å². The fourth-order valence-electron chi connectivity index (χ4n) is 2.20. The summed E-state index contributed by atoms with van der Waals surface area (Å²) in [6, 6.07) is 0. The highest BCUT2D eigenvalue weighted by molar-refractivity contribution is 7.87. The quantitative estimate of drug-likeness (QED) is 0.341. The molecule has 2 aliphatic rings. The molecule has 4 atom stereocenters. The molecule has 0 aliphatic carbocycles. The van der Waals surface area contributed by atoms with Crippen molar-refractivity contribution < 1.29 is 52.4 Å². The van der Waals surface area contributed by atoms with Gasteiger partial charge in [0, 0.05) is 14.2 Å². The minimum atomic E-state index is -3.81. The Morgan fingerprint density at radius 1 is 0.808 bits per heavy atom. The Labute approximate surface area is 151 Å². The van der Waals surface area contributed by atoms with E-state index in [1.54, 1.807) is 0 Å². The summed E-state index contributed by atoms with van der Waals surface area (Å²) >= 11 is 0. The second-order valence-electron chi connectivity index (χ2n) is 5.51. The van der Waals surface area contributed by atoms with Crippen LogP contribution in [-0.4, -0.2) is 80.3 Å². The van der Waals surface area contributed by atoms with Crippen LogP contribution in [0.5, 0.6) is 0 Å². The van der Waals surface area contributed by atoms with E-state index in [0.717, 1.165) is 14.2 Å². The molecule has 0 N–H and O–H groups in total. The zero-order valence-electron chi connectivity index (χ0n) is 14.0. The maximum absolute atomic E-state index is 12.6. The third kappa shape index (κ3) is 6.33. The number of rotatable bonds is 9. The summed E-state index contributed by atoms with van der Waals surface area (Å²) in [5.74, 6) is -0.952. The van der Waals surface area contributed by atoms with Crippen molar-refractivity contribution in [1.29, 1.82) is 0 Å². The Hall–Kier alpha value is 0.120. The van der Waals surface area contributed by atoms with E-state index in [0.29, 0.717) is 0 Å². The fourth-order valence-corrected chi connectivity index (χ4v) is 8.44. The maximum Gasteiger partial charge on any atom is 0.331 e. The number of hydrogen-bond acceptors (Lipinski definition) is 12. The molecule has 0 aromatic heterocycles. The molecule has 154 valence electrons. The first-order chi connectivity index (χ1) is 11.9. The Kier molecular flexibility index (Phi) is 7.10. The first-order valence-electron chi connectivity index (χ1n) is 7.30. The number of hydrogen-bond donors (Lipinski definition) is 0. The summed E-state index contributed by atoms with van der Waals surface area (Å²) in [6.45, 7) is -0.600. The van der Waals surface area contributed by atoms with Crippen molar-refractivity contribution in [2.24, 2.45) is 0 Å². The average Bonchev–Trinajstić information content (AvgIpc) is 3.06. The molecule has 0 radical (unpaired) electrons. The van der Waals surface area contributed by atoms with Gasteiger partial charge in [0.05, 0.1) is 25.5 Å². The predicted octanol–water partition coefficient (Wildman–Crippen LogP) is 0.156. The van der Waals surface area contributed by atoms with E-state index in [-0.39, 0.29) is 13.2 Å². The lowest BCUT2D eigenvalue weighted by molar-refractivity contribution is 0.143. The van der Waals surface area contributed by atoms with Gasteiger partial charge in [0.1, 0.15) is 23.7 Å². The van der Waals surface area contributed by atoms with Gasteiger partial charge >= 0.3 is 15.2 Å². The summed E-state index contributed by atoms with van der Waals surface area (Å²) in [6.07, 6.45) is -2.76. The first kappa shape index (κ1) is 22.4. The van der Waals surface area contributed by atoms with Crippen LogP contribution < -0.4 is 0 Å². The van der Waals surface area contributed by atoms with Crippen molar-refractivity contribution in [1.82, 2.24) is 0 Å². The van der Waals surface area contributed by atoms with Crippen LogP contribution in [0, 0.1) is 0 Å². The molecule has 2 saturated heterocycles. The van der Waals surface area contributed by atoms with Gasteiger partial charge in [-0.15, -0.1) is 0 Å². The van der Waals surface area contributed by atoms with E-state index in [2.05, 4.69) is 8.37 Å². The predicted molar refractivity (Wildman–Crippen MR) is 88.2 cm³/mol. The molecule has 26 heavy (non-hydrogen) atoms. The molecule has 0 spiro atoms. The van der Waals surface area contributed by atoms with Gasteiger partial charge in [0.15, 0.2) is 0 Å². The molecule has 2 heterocycles. The van der Waals surface area contributed by atoms with E-state index < -0.39 is 71.5 Å². The zero-order valence-corrected chi connectivity index (χ0v) is 17.4. The Bertz CT molecular complexity index is 738. The van der Waals surface area contributed by atoms with Crippen LogP contribution >= 0.6 is 15.2 Å². The van der Waals surface area contributed by atoms with Crippen LogP contribution in [-0.2, 0) is 55.8 Å². The van der Waals surface area contributed by atoms with Crippen LogP contribution in [0.15, 0.2) is 0 Å². The van der Waals surface area contributed by atoms with Gasteiger partial charge in [-0.2, -0.15) is 16.8 Å². The van der Waals surface area contributed by atoms with Gasteiger partial charge < -0.3 is 18.1 Å². The van der Waals surface area contributed by atoms with E-state index in [1.807, 2.05) is 0 Å². The summed E-state index contributed by atoms with van der Waals surface area (Å²) < 4.78 is 99.3. The van der Waals surface area contributed by atoms with Crippen molar-refractivity contribution in [3.05, 3.63) is 0 Å². The van der Waals surface area contributed by atoms with Crippen LogP contribution in [0.1, 0.15) is 0 Å². The topological polar surface area (TPSA) is 158 Å². The van der Waals surface area contributed by atoms with Crippen molar-refractivity contribution in [3.8, 4) is 0 Å².